The maximum absolute atomic E-state index is 13.3. The molecule has 2 aromatic heterocycles. The zero-order valence-corrected chi connectivity index (χ0v) is 20.8. The summed E-state index contributed by atoms with van der Waals surface area (Å²) in [5, 5.41) is 1.66. The highest BCUT2D eigenvalue weighted by Gasteiger charge is 2.31. The lowest BCUT2D eigenvalue weighted by Crippen LogP contribution is -2.38. The molecular weight excluding hydrogens is 539 g/mol. The molecule has 6 nitrogen and oxygen atoms in total. The van der Waals surface area contributed by atoms with Crippen molar-refractivity contribution in [2.24, 2.45) is 0 Å². The van der Waals surface area contributed by atoms with Crippen molar-refractivity contribution in [2.75, 3.05) is 39.5 Å². The molecule has 0 radical (unpaired) electrons. The highest BCUT2D eigenvalue weighted by atomic mass is 79.9. The van der Waals surface area contributed by atoms with Gasteiger partial charge in [-0.05, 0) is 35.9 Å². The monoisotopic (exact) mass is 561 g/mol. The largest absolute Gasteiger partial charge is 0.460 e. The van der Waals surface area contributed by atoms with Crippen LogP contribution < -0.4 is 0 Å². The topological polar surface area (TPSA) is 56.6 Å². The number of carbonyl (C=O) groups excluding carboxylic acids is 1. The molecular formula is C26H23BrF3N3O3. The molecule has 1 fully saturated rings. The Balaban J connectivity index is 1.44. The van der Waals surface area contributed by atoms with Crippen LogP contribution in [0.3, 0.4) is 0 Å². The molecule has 0 saturated carbocycles. The zero-order chi connectivity index (χ0) is 25.3. The summed E-state index contributed by atoms with van der Waals surface area (Å²) in [7, 11) is 0. The predicted molar refractivity (Wildman–Crippen MR) is 133 cm³/mol. The lowest BCUT2D eigenvalue weighted by molar-refractivity contribution is -0.137. The molecule has 4 aromatic rings. The van der Waals surface area contributed by atoms with E-state index < -0.39 is 17.7 Å². The number of carbonyl (C=O) groups is 1. The summed E-state index contributed by atoms with van der Waals surface area (Å²) in [6, 6.07) is 12.9. The summed E-state index contributed by atoms with van der Waals surface area (Å²) in [6.45, 7) is 4.04. The van der Waals surface area contributed by atoms with Gasteiger partial charge in [0.15, 0.2) is 0 Å². The summed E-state index contributed by atoms with van der Waals surface area (Å²) in [5.41, 5.74) is 1.51. The zero-order valence-electron chi connectivity index (χ0n) is 19.2. The third kappa shape index (κ3) is 5.11. The summed E-state index contributed by atoms with van der Waals surface area (Å²) < 4.78 is 53.2. The summed E-state index contributed by atoms with van der Waals surface area (Å²) in [4.78, 5) is 19.2. The molecule has 0 atom stereocenters. The minimum Gasteiger partial charge on any atom is -0.460 e. The molecule has 1 aliphatic rings. The minimum atomic E-state index is -4.44. The number of rotatable bonds is 6. The molecule has 5 rings (SSSR count). The number of benzene rings is 2. The van der Waals surface area contributed by atoms with E-state index >= 15 is 0 Å². The SMILES string of the molecule is O=C(OCCN1CCOCC1)c1cc2c3ccccc3n(Cc3cc(C(F)(F)F)ccc3Br)c2cn1. The Morgan fingerprint density at radius 3 is 2.61 bits per heavy atom. The molecule has 0 bridgehead atoms. The van der Waals surface area contributed by atoms with Gasteiger partial charge in [-0.3, -0.25) is 4.90 Å². The fourth-order valence-corrected chi connectivity index (χ4v) is 4.81. The van der Waals surface area contributed by atoms with Crippen molar-refractivity contribution in [1.29, 1.82) is 0 Å². The van der Waals surface area contributed by atoms with Gasteiger partial charge in [-0.15, -0.1) is 0 Å². The van der Waals surface area contributed by atoms with Gasteiger partial charge >= 0.3 is 12.1 Å². The number of hydrogen-bond acceptors (Lipinski definition) is 5. The van der Waals surface area contributed by atoms with Crippen LogP contribution in [0, 0.1) is 0 Å². The van der Waals surface area contributed by atoms with Crippen molar-refractivity contribution >= 4 is 43.7 Å². The molecule has 3 heterocycles. The van der Waals surface area contributed by atoms with Crippen molar-refractivity contribution in [3.63, 3.8) is 0 Å². The van der Waals surface area contributed by atoms with E-state index in [0.717, 1.165) is 41.5 Å². The van der Waals surface area contributed by atoms with E-state index in [1.54, 1.807) is 12.3 Å². The molecule has 1 saturated heterocycles. The third-order valence-electron chi connectivity index (χ3n) is 6.31. The average Bonchev–Trinajstić information content (AvgIpc) is 3.18. The van der Waals surface area contributed by atoms with Crippen LogP contribution in [-0.2, 0) is 22.2 Å². The number of halogens is 4. The smallest absolute Gasteiger partial charge is 0.416 e. The van der Waals surface area contributed by atoms with Gasteiger partial charge in [0.25, 0.3) is 0 Å². The van der Waals surface area contributed by atoms with Crippen LogP contribution in [0.15, 0.2) is 59.2 Å². The van der Waals surface area contributed by atoms with Gasteiger partial charge < -0.3 is 14.0 Å². The number of pyridine rings is 1. The standard InChI is InChI=1S/C26H23BrF3N3O3/c27-21-6-5-18(26(28,29)30)13-17(21)16-33-23-4-2-1-3-19(23)20-14-22(31-15-24(20)33)25(34)36-12-9-32-7-10-35-11-8-32/h1-6,13-15H,7-12,16H2. The second-order valence-corrected chi connectivity index (χ2v) is 9.44. The van der Waals surface area contributed by atoms with Crippen molar-refractivity contribution in [3.8, 4) is 0 Å². The highest BCUT2D eigenvalue weighted by molar-refractivity contribution is 9.10. The Kier molecular flexibility index (Phi) is 7.00. The van der Waals surface area contributed by atoms with Gasteiger partial charge in [0.1, 0.15) is 12.3 Å². The van der Waals surface area contributed by atoms with Crippen LogP contribution in [0.1, 0.15) is 21.6 Å². The number of fused-ring (bicyclic) bond motifs is 3. The predicted octanol–water partition coefficient (Wildman–Crippen LogP) is 5.51. The van der Waals surface area contributed by atoms with Crippen molar-refractivity contribution < 1.29 is 27.4 Å². The number of esters is 1. The molecule has 10 heteroatoms. The Labute approximate surface area is 213 Å². The number of hydrogen-bond donors (Lipinski definition) is 0. The van der Waals surface area contributed by atoms with Crippen LogP contribution in [0.2, 0.25) is 0 Å². The van der Waals surface area contributed by atoms with Gasteiger partial charge in [0.05, 0.1) is 30.5 Å². The van der Waals surface area contributed by atoms with E-state index in [2.05, 4.69) is 25.8 Å². The van der Waals surface area contributed by atoms with Gasteiger partial charge in [-0.25, -0.2) is 9.78 Å². The quantitative estimate of drug-likeness (QED) is 0.291. The molecule has 1 aliphatic heterocycles. The van der Waals surface area contributed by atoms with Gasteiger partial charge in [0, 0.05) is 46.9 Å². The van der Waals surface area contributed by atoms with Crippen LogP contribution in [0.25, 0.3) is 21.8 Å². The van der Waals surface area contributed by atoms with Crippen molar-refractivity contribution in [3.05, 3.63) is 76.0 Å². The van der Waals surface area contributed by atoms with E-state index in [1.807, 2.05) is 28.8 Å². The molecule has 2 aromatic carbocycles. The number of alkyl halides is 3. The number of ether oxygens (including phenoxy) is 2. The van der Waals surface area contributed by atoms with Crippen molar-refractivity contribution in [2.45, 2.75) is 12.7 Å². The van der Waals surface area contributed by atoms with Crippen LogP contribution >= 0.6 is 15.9 Å². The lowest BCUT2D eigenvalue weighted by Gasteiger charge is -2.26. The van der Waals surface area contributed by atoms with Crippen LogP contribution in [0.5, 0.6) is 0 Å². The van der Waals surface area contributed by atoms with Gasteiger partial charge in [-0.2, -0.15) is 13.2 Å². The number of para-hydroxylation sites is 1. The molecule has 188 valence electrons. The van der Waals surface area contributed by atoms with Crippen molar-refractivity contribution in [1.82, 2.24) is 14.5 Å². The lowest BCUT2D eigenvalue weighted by atomic mass is 10.1. The Morgan fingerprint density at radius 2 is 1.83 bits per heavy atom. The van der Waals surface area contributed by atoms with Crippen LogP contribution in [0.4, 0.5) is 13.2 Å². The normalized spacial score (nSPS) is 15.0. The highest BCUT2D eigenvalue weighted by Crippen LogP contribution is 2.34. The van der Waals surface area contributed by atoms with E-state index in [4.69, 9.17) is 9.47 Å². The van der Waals surface area contributed by atoms with E-state index in [-0.39, 0.29) is 18.8 Å². The summed E-state index contributed by atoms with van der Waals surface area (Å²) >= 11 is 3.39. The second-order valence-electron chi connectivity index (χ2n) is 8.58. The molecule has 36 heavy (non-hydrogen) atoms. The summed E-state index contributed by atoms with van der Waals surface area (Å²) in [5.74, 6) is -0.511. The van der Waals surface area contributed by atoms with Gasteiger partial charge in [0.2, 0.25) is 0 Å². The Bertz CT molecular complexity index is 1410. The molecule has 0 aliphatic carbocycles. The van der Waals surface area contributed by atoms with E-state index in [0.29, 0.717) is 35.3 Å². The summed E-state index contributed by atoms with van der Waals surface area (Å²) in [6.07, 6.45) is -2.86. The molecule has 0 unspecified atom stereocenters. The average molecular weight is 562 g/mol. The Hall–Kier alpha value is -2.95. The maximum atomic E-state index is 13.3. The maximum Gasteiger partial charge on any atom is 0.416 e. The molecule has 0 amide bonds. The van der Waals surface area contributed by atoms with Crippen LogP contribution in [-0.4, -0.2) is 59.9 Å². The first-order valence-corrected chi connectivity index (χ1v) is 12.3. The first-order valence-electron chi connectivity index (χ1n) is 11.5. The number of morpholine rings is 1. The minimum absolute atomic E-state index is 0.188. The third-order valence-corrected chi connectivity index (χ3v) is 7.09. The molecule has 0 spiro atoms. The second kappa shape index (κ2) is 10.2. The number of nitrogens with zero attached hydrogens (tertiary/aromatic N) is 3. The van der Waals surface area contributed by atoms with Gasteiger partial charge in [-0.1, -0.05) is 34.1 Å². The van der Waals surface area contributed by atoms with E-state index in [9.17, 15) is 18.0 Å². The fourth-order valence-electron chi connectivity index (χ4n) is 4.44. The number of aromatic nitrogens is 2. The fraction of sp³-hybridized carbons (Fsp3) is 0.308. The first-order chi connectivity index (χ1) is 17.3. The Morgan fingerprint density at radius 1 is 1.06 bits per heavy atom. The first kappa shape index (κ1) is 24.7. The van der Waals surface area contributed by atoms with E-state index in [1.165, 1.54) is 6.07 Å². The molecule has 0 N–H and O–H groups in total.